The summed E-state index contributed by atoms with van der Waals surface area (Å²) in [5.74, 6) is -0.614. The lowest BCUT2D eigenvalue weighted by molar-refractivity contribution is -0.119. The average molecular weight is 464 g/mol. The Kier molecular flexibility index (Phi) is 6.69. The zero-order chi connectivity index (χ0) is 21.9. The highest BCUT2D eigenvalue weighted by molar-refractivity contribution is 7.92. The van der Waals surface area contributed by atoms with Crippen molar-refractivity contribution in [3.05, 3.63) is 52.2 Å². The van der Waals surface area contributed by atoms with E-state index in [9.17, 15) is 18.0 Å². The van der Waals surface area contributed by atoms with Crippen LogP contribution >= 0.6 is 22.7 Å². The van der Waals surface area contributed by atoms with Crippen LogP contribution in [-0.4, -0.2) is 30.5 Å². The second-order valence-corrected chi connectivity index (χ2v) is 11.3. The molecule has 0 radical (unpaired) electrons. The fourth-order valence-electron chi connectivity index (χ4n) is 2.59. The number of benzene rings is 1. The number of aromatic nitrogens is 1. The summed E-state index contributed by atoms with van der Waals surface area (Å²) in [6, 6.07) is 9.99. The molecule has 3 rings (SSSR count). The lowest BCUT2D eigenvalue weighted by Gasteiger charge is -2.12. The van der Waals surface area contributed by atoms with E-state index in [1.807, 2.05) is 17.5 Å². The van der Waals surface area contributed by atoms with Crippen molar-refractivity contribution >= 4 is 49.5 Å². The summed E-state index contributed by atoms with van der Waals surface area (Å²) in [5.41, 5.74) is 0.800. The van der Waals surface area contributed by atoms with E-state index in [1.54, 1.807) is 26.0 Å². The van der Waals surface area contributed by atoms with Crippen LogP contribution in [0.1, 0.15) is 36.0 Å². The van der Waals surface area contributed by atoms with Crippen LogP contribution < -0.4 is 10.6 Å². The van der Waals surface area contributed by atoms with Gasteiger partial charge in [0.05, 0.1) is 32.8 Å². The molecule has 0 aliphatic carbocycles. The summed E-state index contributed by atoms with van der Waals surface area (Å²) in [7, 11) is -3.60. The standard InChI is InChI=1S/C20H21N3O4S3/c1-12(2)30(26,27)18-7-5-4-6-15(18)19(25)23-20-22-16(11-28-20)17-9-8-14(29-17)10-21-13(3)24/h4-9,11-12H,10H2,1-3H3,(H,21,24)(H,22,23,25). The Hall–Kier alpha value is -2.56. The molecule has 0 bridgehead atoms. The van der Waals surface area contributed by atoms with Crippen LogP contribution in [0.3, 0.4) is 0 Å². The molecule has 0 atom stereocenters. The first-order valence-electron chi connectivity index (χ1n) is 9.12. The molecule has 0 saturated carbocycles. The number of carbonyl (C=O) groups is 2. The summed E-state index contributed by atoms with van der Waals surface area (Å²) >= 11 is 2.76. The molecule has 0 spiro atoms. The van der Waals surface area contributed by atoms with E-state index >= 15 is 0 Å². The third-order valence-corrected chi connectivity index (χ3v) is 8.28. The van der Waals surface area contributed by atoms with Crippen molar-refractivity contribution in [2.24, 2.45) is 0 Å². The number of hydrogen-bond acceptors (Lipinski definition) is 7. The fraction of sp³-hybridized carbons (Fsp3) is 0.250. The van der Waals surface area contributed by atoms with Crippen LogP contribution in [0, 0.1) is 0 Å². The van der Waals surface area contributed by atoms with Crippen LogP contribution in [0.5, 0.6) is 0 Å². The van der Waals surface area contributed by atoms with Gasteiger partial charge in [0.1, 0.15) is 0 Å². The van der Waals surface area contributed by atoms with Crippen molar-refractivity contribution in [1.82, 2.24) is 10.3 Å². The van der Waals surface area contributed by atoms with Crippen molar-refractivity contribution in [2.75, 3.05) is 5.32 Å². The maximum atomic E-state index is 12.8. The van der Waals surface area contributed by atoms with Gasteiger partial charge in [0.15, 0.2) is 15.0 Å². The van der Waals surface area contributed by atoms with Gasteiger partial charge in [-0.1, -0.05) is 12.1 Å². The lowest BCUT2D eigenvalue weighted by Crippen LogP contribution is -2.20. The topological polar surface area (TPSA) is 105 Å². The molecule has 0 saturated heterocycles. The van der Waals surface area contributed by atoms with Crippen LogP contribution in [0.25, 0.3) is 10.6 Å². The van der Waals surface area contributed by atoms with E-state index < -0.39 is 21.0 Å². The third-order valence-electron chi connectivity index (χ3n) is 4.21. The molecule has 158 valence electrons. The van der Waals surface area contributed by atoms with E-state index in [0.717, 1.165) is 9.75 Å². The van der Waals surface area contributed by atoms with Gasteiger partial charge in [-0.25, -0.2) is 13.4 Å². The van der Waals surface area contributed by atoms with Gasteiger partial charge >= 0.3 is 0 Å². The Morgan fingerprint density at radius 3 is 2.57 bits per heavy atom. The maximum Gasteiger partial charge on any atom is 0.258 e. The van der Waals surface area contributed by atoms with Crippen LogP contribution in [0.15, 0.2) is 46.7 Å². The van der Waals surface area contributed by atoms with E-state index in [-0.39, 0.29) is 16.4 Å². The fourth-order valence-corrected chi connectivity index (χ4v) is 5.52. The molecule has 0 unspecified atom stereocenters. The van der Waals surface area contributed by atoms with Gasteiger partial charge in [-0.3, -0.25) is 14.9 Å². The zero-order valence-corrected chi connectivity index (χ0v) is 19.1. The lowest BCUT2D eigenvalue weighted by atomic mass is 10.2. The first-order chi connectivity index (χ1) is 14.2. The summed E-state index contributed by atoms with van der Waals surface area (Å²) < 4.78 is 25.2. The molecule has 0 aliphatic heterocycles. The van der Waals surface area contributed by atoms with Gasteiger partial charge in [-0.05, 0) is 38.1 Å². The highest BCUT2D eigenvalue weighted by atomic mass is 32.2. The van der Waals surface area contributed by atoms with Gasteiger partial charge in [0.2, 0.25) is 5.91 Å². The molecule has 30 heavy (non-hydrogen) atoms. The van der Waals surface area contributed by atoms with Crippen LogP contribution in [0.2, 0.25) is 0 Å². The highest BCUT2D eigenvalue weighted by Crippen LogP contribution is 2.31. The van der Waals surface area contributed by atoms with Gasteiger partial charge in [-0.15, -0.1) is 22.7 Å². The highest BCUT2D eigenvalue weighted by Gasteiger charge is 2.25. The minimum Gasteiger partial charge on any atom is -0.351 e. The van der Waals surface area contributed by atoms with Crippen LogP contribution in [0.4, 0.5) is 5.13 Å². The number of amides is 2. The van der Waals surface area contributed by atoms with Crippen molar-refractivity contribution in [2.45, 2.75) is 37.5 Å². The van der Waals surface area contributed by atoms with E-state index in [4.69, 9.17) is 0 Å². The number of nitrogens with zero attached hydrogens (tertiary/aromatic N) is 1. The Labute approximate surface area is 183 Å². The average Bonchev–Trinajstić information content (AvgIpc) is 3.35. The Morgan fingerprint density at radius 1 is 1.13 bits per heavy atom. The minimum absolute atomic E-state index is 0.00940. The first kappa shape index (κ1) is 22.1. The summed E-state index contributed by atoms with van der Waals surface area (Å²) in [5, 5.41) is 7.01. The zero-order valence-electron chi connectivity index (χ0n) is 16.6. The van der Waals surface area contributed by atoms with E-state index in [2.05, 4.69) is 15.6 Å². The van der Waals surface area contributed by atoms with Crippen molar-refractivity contribution < 1.29 is 18.0 Å². The SMILES string of the molecule is CC(=O)NCc1ccc(-c2csc(NC(=O)c3ccccc3S(=O)(=O)C(C)C)n2)s1. The van der Waals surface area contributed by atoms with E-state index in [0.29, 0.717) is 17.4 Å². The predicted molar refractivity (Wildman–Crippen MR) is 120 cm³/mol. The number of rotatable bonds is 7. The molecule has 2 heterocycles. The van der Waals surface area contributed by atoms with Gasteiger partial charge in [0.25, 0.3) is 5.91 Å². The van der Waals surface area contributed by atoms with Crippen molar-refractivity contribution in [3.63, 3.8) is 0 Å². The van der Waals surface area contributed by atoms with E-state index in [1.165, 1.54) is 41.7 Å². The third kappa shape index (κ3) is 4.94. The molecule has 2 N–H and O–H groups in total. The molecule has 2 aromatic heterocycles. The molecule has 0 aliphatic rings. The Balaban J connectivity index is 1.78. The first-order valence-corrected chi connectivity index (χ1v) is 12.4. The molecule has 7 nitrogen and oxygen atoms in total. The number of hydrogen-bond donors (Lipinski definition) is 2. The number of nitrogens with one attached hydrogen (secondary N) is 2. The maximum absolute atomic E-state index is 12.8. The largest absolute Gasteiger partial charge is 0.351 e. The van der Waals surface area contributed by atoms with Crippen LogP contribution in [-0.2, 0) is 21.2 Å². The van der Waals surface area contributed by atoms with Crippen molar-refractivity contribution in [1.29, 1.82) is 0 Å². The molecular formula is C20H21N3O4S3. The molecule has 0 fully saturated rings. The normalized spacial score (nSPS) is 11.5. The summed E-state index contributed by atoms with van der Waals surface area (Å²) in [4.78, 5) is 30.2. The second-order valence-electron chi connectivity index (χ2n) is 6.76. The minimum atomic E-state index is -3.60. The smallest absolute Gasteiger partial charge is 0.258 e. The number of thiazole rings is 1. The molecular weight excluding hydrogens is 442 g/mol. The molecule has 3 aromatic rings. The van der Waals surface area contributed by atoms with Gasteiger partial charge in [0, 0.05) is 17.2 Å². The van der Waals surface area contributed by atoms with Crippen molar-refractivity contribution in [3.8, 4) is 10.6 Å². The molecule has 2 amide bonds. The van der Waals surface area contributed by atoms with Gasteiger partial charge < -0.3 is 5.32 Å². The number of anilines is 1. The molecule has 1 aromatic carbocycles. The number of carbonyl (C=O) groups excluding carboxylic acids is 2. The Bertz CT molecular complexity index is 1180. The number of sulfone groups is 1. The van der Waals surface area contributed by atoms with Gasteiger partial charge in [-0.2, -0.15) is 0 Å². The summed E-state index contributed by atoms with van der Waals surface area (Å²) in [6.07, 6.45) is 0. The predicted octanol–water partition coefficient (Wildman–Crippen LogP) is 3.94. The monoisotopic (exact) mass is 463 g/mol. The number of thiophene rings is 1. The second kappa shape index (κ2) is 9.07. The molecule has 10 heteroatoms. The quantitative estimate of drug-likeness (QED) is 0.552. The Morgan fingerprint density at radius 2 is 1.87 bits per heavy atom. The summed E-state index contributed by atoms with van der Waals surface area (Å²) in [6.45, 7) is 5.08.